The van der Waals surface area contributed by atoms with Crippen LogP contribution >= 0.6 is 11.3 Å². The number of thiazole rings is 1. The third-order valence-electron chi connectivity index (χ3n) is 3.36. The molecule has 3 rings (SSSR count). The number of nitrogens with zero attached hydrogens (tertiary/aromatic N) is 1. The molecule has 2 aromatic carbocycles. The molecule has 0 aliphatic rings. The number of aryl methyl sites for hydroxylation is 1. The lowest BCUT2D eigenvalue weighted by Gasteiger charge is -2.16. The Balaban J connectivity index is 2.16. The van der Waals surface area contributed by atoms with Gasteiger partial charge in [0.2, 0.25) is 0 Å². The smallest absolute Gasteiger partial charge is 0.0898 e. The maximum Gasteiger partial charge on any atom is 0.0898 e. The van der Waals surface area contributed by atoms with Crippen LogP contribution in [0.1, 0.15) is 22.3 Å². The van der Waals surface area contributed by atoms with E-state index in [9.17, 15) is 0 Å². The molecule has 1 heterocycles. The van der Waals surface area contributed by atoms with Gasteiger partial charge in [-0.1, -0.05) is 42.5 Å². The Bertz CT molecular complexity index is 697. The van der Waals surface area contributed by atoms with Gasteiger partial charge in [-0.25, -0.2) is 4.98 Å². The third-order valence-corrected chi connectivity index (χ3v) is 4.15. The van der Waals surface area contributed by atoms with Crippen LogP contribution in [0.2, 0.25) is 0 Å². The fourth-order valence-corrected chi connectivity index (χ4v) is 3.12. The normalized spacial score (nSPS) is 12.7. The zero-order chi connectivity index (χ0) is 13.2. The summed E-state index contributed by atoms with van der Waals surface area (Å²) in [6.07, 6.45) is 0. The Morgan fingerprint density at radius 1 is 1.11 bits per heavy atom. The predicted octanol–water partition coefficient (Wildman–Crippen LogP) is 3.91. The van der Waals surface area contributed by atoms with Gasteiger partial charge in [0.05, 0.1) is 16.7 Å². The second-order valence-corrected chi connectivity index (χ2v) is 5.64. The molecule has 0 radical (unpaired) electrons. The molecule has 1 aromatic heterocycles. The molecular weight excluding hydrogens is 252 g/mol. The van der Waals surface area contributed by atoms with E-state index in [-0.39, 0.29) is 6.04 Å². The first kappa shape index (κ1) is 12.3. The van der Waals surface area contributed by atoms with Crippen molar-refractivity contribution in [3.05, 3.63) is 64.1 Å². The minimum atomic E-state index is 0.149. The molecule has 1 N–H and O–H groups in total. The summed E-state index contributed by atoms with van der Waals surface area (Å²) in [5, 5.41) is 9.19. The first-order chi connectivity index (χ1) is 9.29. The highest BCUT2D eigenvalue weighted by Crippen LogP contribution is 2.29. The lowest BCUT2D eigenvalue weighted by Crippen LogP contribution is -2.18. The van der Waals surface area contributed by atoms with Crippen LogP contribution in [-0.2, 0) is 0 Å². The molecule has 1 unspecified atom stereocenters. The largest absolute Gasteiger partial charge is 0.308 e. The number of fused-ring (bicyclic) bond motifs is 1. The van der Waals surface area contributed by atoms with E-state index in [1.54, 1.807) is 11.3 Å². The summed E-state index contributed by atoms with van der Waals surface area (Å²) in [7, 11) is 1.99. The van der Waals surface area contributed by atoms with Gasteiger partial charge >= 0.3 is 0 Å². The average Bonchev–Trinajstić information content (AvgIpc) is 2.86. The maximum absolute atomic E-state index is 4.62. The number of benzene rings is 2. The summed E-state index contributed by atoms with van der Waals surface area (Å²) in [6, 6.07) is 15.1. The number of hydrogen-bond acceptors (Lipinski definition) is 3. The predicted molar refractivity (Wildman–Crippen MR) is 81.7 cm³/mol. The van der Waals surface area contributed by atoms with Gasteiger partial charge in [0.15, 0.2) is 0 Å². The van der Waals surface area contributed by atoms with E-state index in [2.05, 4.69) is 58.1 Å². The van der Waals surface area contributed by atoms with Gasteiger partial charge in [-0.15, -0.1) is 11.3 Å². The zero-order valence-corrected chi connectivity index (χ0v) is 11.9. The van der Waals surface area contributed by atoms with Gasteiger partial charge in [-0.2, -0.15) is 0 Å². The molecule has 0 saturated heterocycles. The Labute approximate surface area is 117 Å². The SMILES string of the molecule is CNC(c1csc(C)n1)c1cccc2ccccc12. The first-order valence-electron chi connectivity index (χ1n) is 6.36. The van der Waals surface area contributed by atoms with Crippen LogP contribution in [0.4, 0.5) is 0 Å². The van der Waals surface area contributed by atoms with Gasteiger partial charge in [0.25, 0.3) is 0 Å². The Morgan fingerprint density at radius 2 is 1.89 bits per heavy atom. The monoisotopic (exact) mass is 268 g/mol. The molecule has 0 fully saturated rings. The van der Waals surface area contributed by atoms with Gasteiger partial charge in [0.1, 0.15) is 0 Å². The quantitative estimate of drug-likeness (QED) is 0.779. The highest BCUT2D eigenvalue weighted by molar-refractivity contribution is 7.09. The maximum atomic E-state index is 4.62. The molecule has 3 aromatic rings. The van der Waals surface area contributed by atoms with Crippen LogP contribution in [0.15, 0.2) is 47.8 Å². The van der Waals surface area contributed by atoms with Crippen LogP contribution in [0.3, 0.4) is 0 Å². The van der Waals surface area contributed by atoms with Crippen molar-refractivity contribution in [3.8, 4) is 0 Å². The molecule has 0 aliphatic carbocycles. The standard InChI is InChI=1S/C16H16N2S/c1-11-18-15(10-19-11)16(17-2)14-9-5-7-12-6-3-4-8-13(12)14/h3-10,16-17H,1-2H3. The molecule has 96 valence electrons. The minimum Gasteiger partial charge on any atom is -0.308 e. The van der Waals surface area contributed by atoms with Crippen LogP contribution in [0.5, 0.6) is 0 Å². The van der Waals surface area contributed by atoms with Crippen molar-refractivity contribution in [1.29, 1.82) is 0 Å². The third kappa shape index (κ3) is 2.27. The summed E-state index contributed by atoms with van der Waals surface area (Å²) >= 11 is 1.70. The van der Waals surface area contributed by atoms with Gasteiger partial charge in [-0.05, 0) is 30.3 Å². The molecular formula is C16H16N2S. The van der Waals surface area contributed by atoms with Crippen LogP contribution in [-0.4, -0.2) is 12.0 Å². The summed E-state index contributed by atoms with van der Waals surface area (Å²) < 4.78 is 0. The molecule has 0 saturated carbocycles. The van der Waals surface area contributed by atoms with Gasteiger partial charge in [-0.3, -0.25) is 0 Å². The zero-order valence-electron chi connectivity index (χ0n) is 11.1. The molecule has 0 spiro atoms. The van der Waals surface area contributed by atoms with Crippen molar-refractivity contribution < 1.29 is 0 Å². The Hall–Kier alpha value is -1.71. The van der Waals surface area contributed by atoms with Gasteiger partial charge < -0.3 is 5.32 Å². The second-order valence-electron chi connectivity index (χ2n) is 4.58. The van der Waals surface area contributed by atoms with Crippen molar-refractivity contribution in [2.75, 3.05) is 7.05 Å². The molecule has 0 bridgehead atoms. The van der Waals surface area contributed by atoms with E-state index < -0.39 is 0 Å². The molecule has 2 nitrogen and oxygen atoms in total. The fourth-order valence-electron chi connectivity index (χ4n) is 2.48. The Morgan fingerprint density at radius 3 is 2.63 bits per heavy atom. The van der Waals surface area contributed by atoms with Crippen molar-refractivity contribution in [1.82, 2.24) is 10.3 Å². The van der Waals surface area contributed by atoms with Crippen LogP contribution in [0, 0.1) is 6.92 Å². The number of hydrogen-bond donors (Lipinski definition) is 1. The minimum absolute atomic E-state index is 0.149. The fraction of sp³-hybridized carbons (Fsp3) is 0.188. The van der Waals surface area contributed by atoms with Crippen LogP contribution < -0.4 is 5.32 Å². The molecule has 0 amide bonds. The summed E-state index contributed by atoms with van der Waals surface area (Å²) in [6.45, 7) is 2.05. The van der Waals surface area contributed by atoms with E-state index in [0.717, 1.165) is 10.7 Å². The van der Waals surface area contributed by atoms with Crippen molar-refractivity contribution in [2.24, 2.45) is 0 Å². The van der Waals surface area contributed by atoms with E-state index >= 15 is 0 Å². The number of nitrogens with one attached hydrogen (secondary N) is 1. The van der Waals surface area contributed by atoms with Crippen LogP contribution in [0.25, 0.3) is 10.8 Å². The van der Waals surface area contributed by atoms with Crippen molar-refractivity contribution in [3.63, 3.8) is 0 Å². The van der Waals surface area contributed by atoms with Crippen molar-refractivity contribution in [2.45, 2.75) is 13.0 Å². The van der Waals surface area contributed by atoms with E-state index in [4.69, 9.17) is 0 Å². The van der Waals surface area contributed by atoms with Crippen molar-refractivity contribution >= 4 is 22.1 Å². The van der Waals surface area contributed by atoms with E-state index in [1.165, 1.54) is 16.3 Å². The number of aromatic nitrogens is 1. The topological polar surface area (TPSA) is 24.9 Å². The van der Waals surface area contributed by atoms with E-state index in [1.807, 2.05) is 14.0 Å². The molecule has 19 heavy (non-hydrogen) atoms. The summed E-state index contributed by atoms with van der Waals surface area (Å²) in [5.41, 5.74) is 2.38. The second kappa shape index (κ2) is 5.11. The average molecular weight is 268 g/mol. The lowest BCUT2D eigenvalue weighted by molar-refractivity contribution is 0.679. The highest BCUT2D eigenvalue weighted by atomic mass is 32.1. The summed E-state index contributed by atoms with van der Waals surface area (Å²) in [4.78, 5) is 4.62. The summed E-state index contributed by atoms with van der Waals surface area (Å²) in [5.74, 6) is 0. The van der Waals surface area contributed by atoms with Gasteiger partial charge in [0, 0.05) is 5.38 Å². The van der Waals surface area contributed by atoms with E-state index in [0.29, 0.717) is 0 Å². The highest BCUT2D eigenvalue weighted by Gasteiger charge is 2.16. The Kier molecular flexibility index (Phi) is 3.32. The molecule has 3 heteroatoms. The molecule has 0 aliphatic heterocycles. The lowest BCUT2D eigenvalue weighted by atomic mass is 9.97. The number of rotatable bonds is 3. The molecule has 1 atom stereocenters. The first-order valence-corrected chi connectivity index (χ1v) is 7.24.